The Morgan fingerprint density at radius 2 is 2.18 bits per heavy atom. The van der Waals surface area contributed by atoms with Crippen molar-refractivity contribution < 1.29 is 23.1 Å². The van der Waals surface area contributed by atoms with Crippen LogP contribution in [0.5, 0.6) is 0 Å². The Labute approximate surface area is 130 Å². The van der Waals surface area contributed by atoms with E-state index in [9.17, 15) is 18.3 Å². The fourth-order valence-electron chi connectivity index (χ4n) is 3.00. The van der Waals surface area contributed by atoms with Gasteiger partial charge in [-0.1, -0.05) is 19.1 Å². The van der Waals surface area contributed by atoms with Gasteiger partial charge in [-0.2, -0.15) is 4.31 Å². The molecule has 2 unspecified atom stereocenters. The van der Waals surface area contributed by atoms with Crippen molar-refractivity contribution in [3.63, 3.8) is 0 Å². The van der Waals surface area contributed by atoms with Crippen molar-refractivity contribution in [2.24, 2.45) is 5.92 Å². The standard InChI is InChI=1S/C15H21NO5S/c1-3-14-13(15(17)18)7-8-16(14)22(19,20)12-6-4-5-11(9-12)10-21-2/h4-6,9,13-14H,3,7-8,10H2,1-2H3,(H,17,18). The zero-order valence-electron chi connectivity index (χ0n) is 12.7. The van der Waals surface area contributed by atoms with Crippen LogP contribution in [0.2, 0.25) is 0 Å². The van der Waals surface area contributed by atoms with Gasteiger partial charge in [-0.3, -0.25) is 4.79 Å². The topological polar surface area (TPSA) is 83.9 Å². The van der Waals surface area contributed by atoms with Crippen molar-refractivity contribution in [2.45, 2.75) is 37.3 Å². The lowest BCUT2D eigenvalue weighted by Gasteiger charge is -2.25. The van der Waals surface area contributed by atoms with Crippen LogP contribution < -0.4 is 0 Å². The van der Waals surface area contributed by atoms with Gasteiger partial charge in [0.25, 0.3) is 0 Å². The van der Waals surface area contributed by atoms with Crippen LogP contribution in [-0.2, 0) is 26.2 Å². The van der Waals surface area contributed by atoms with Crippen LogP contribution in [0.4, 0.5) is 0 Å². The zero-order chi connectivity index (χ0) is 16.3. The van der Waals surface area contributed by atoms with Gasteiger partial charge >= 0.3 is 5.97 Å². The van der Waals surface area contributed by atoms with Gasteiger partial charge in [-0.05, 0) is 30.5 Å². The molecule has 1 aromatic rings. The van der Waals surface area contributed by atoms with E-state index in [4.69, 9.17) is 4.74 Å². The Morgan fingerprint density at radius 1 is 1.45 bits per heavy atom. The molecule has 1 saturated heterocycles. The van der Waals surface area contributed by atoms with Gasteiger partial charge in [0.15, 0.2) is 0 Å². The first-order chi connectivity index (χ1) is 10.4. The molecular weight excluding hydrogens is 306 g/mol. The lowest BCUT2D eigenvalue weighted by molar-refractivity contribution is -0.142. The molecule has 6 nitrogen and oxygen atoms in total. The van der Waals surface area contributed by atoms with Crippen molar-refractivity contribution in [1.29, 1.82) is 0 Å². The van der Waals surface area contributed by atoms with Gasteiger partial charge < -0.3 is 9.84 Å². The first-order valence-corrected chi connectivity index (χ1v) is 8.68. The third-order valence-electron chi connectivity index (χ3n) is 4.05. The van der Waals surface area contributed by atoms with Crippen LogP contribution in [0.15, 0.2) is 29.2 Å². The number of carboxylic acid groups (broad SMARTS) is 1. The summed E-state index contributed by atoms with van der Waals surface area (Å²) in [6, 6.07) is 6.10. The molecule has 0 aromatic heterocycles. The number of hydrogen-bond donors (Lipinski definition) is 1. The van der Waals surface area contributed by atoms with E-state index < -0.39 is 28.0 Å². The van der Waals surface area contributed by atoms with Gasteiger partial charge in [0.2, 0.25) is 10.0 Å². The molecule has 1 N–H and O–H groups in total. The second kappa shape index (κ2) is 6.76. The highest BCUT2D eigenvalue weighted by Gasteiger charge is 2.43. The molecule has 1 aliphatic heterocycles. The largest absolute Gasteiger partial charge is 0.481 e. The fraction of sp³-hybridized carbons (Fsp3) is 0.533. The molecule has 0 aliphatic carbocycles. The molecule has 0 spiro atoms. The molecule has 1 aliphatic rings. The molecule has 1 aromatic carbocycles. The van der Waals surface area contributed by atoms with Crippen LogP contribution in [0.25, 0.3) is 0 Å². The Bertz CT molecular complexity index is 643. The highest BCUT2D eigenvalue weighted by atomic mass is 32.2. The second-order valence-corrected chi connectivity index (χ2v) is 7.30. The van der Waals surface area contributed by atoms with E-state index in [2.05, 4.69) is 0 Å². The molecule has 0 amide bonds. The average Bonchev–Trinajstić information content (AvgIpc) is 2.92. The van der Waals surface area contributed by atoms with Gasteiger partial charge in [0.1, 0.15) is 0 Å². The van der Waals surface area contributed by atoms with Crippen LogP contribution in [-0.4, -0.2) is 43.5 Å². The molecule has 7 heteroatoms. The van der Waals surface area contributed by atoms with E-state index >= 15 is 0 Å². The monoisotopic (exact) mass is 327 g/mol. The average molecular weight is 327 g/mol. The number of carboxylic acids is 1. The summed E-state index contributed by atoms with van der Waals surface area (Å²) in [5.74, 6) is -1.57. The molecular formula is C15H21NO5S. The minimum Gasteiger partial charge on any atom is -0.481 e. The van der Waals surface area contributed by atoms with Crippen LogP contribution in [0.1, 0.15) is 25.3 Å². The minimum atomic E-state index is -3.69. The molecule has 0 radical (unpaired) electrons. The Morgan fingerprint density at radius 3 is 2.77 bits per heavy atom. The SMILES string of the molecule is CCC1C(C(=O)O)CCN1S(=O)(=O)c1cccc(COC)c1. The molecule has 0 bridgehead atoms. The maximum atomic E-state index is 12.8. The highest BCUT2D eigenvalue weighted by molar-refractivity contribution is 7.89. The highest BCUT2D eigenvalue weighted by Crippen LogP contribution is 2.32. The summed E-state index contributed by atoms with van der Waals surface area (Å²) >= 11 is 0. The van der Waals surface area contributed by atoms with Gasteiger partial charge in [0, 0.05) is 19.7 Å². The third-order valence-corrected chi connectivity index (χ3v) is 5.97. The normalized spacial score (nSPS) is 22.8. The molecule has 1 heterocycles. The van der Waals surface area contributed by atoms with Crippen molar-refractivity contribution in [3.8, 4) is 0 Å². The number of hydrogen-bond acceptors (Lipinski definition) is 4. The van der Waals surface area contributed by atoms with Crippen molar-refractivity contribution in [2.75, 3.05) is 13.7 Å². The van der Waals surface area contributed by atoms with Gasteiger partial charge in [-0.15, -0.1) is 0 Å². The number of sulfonamides is 1. The summed E-state index contributed by atoms with van der Waals surface area (Å²) in [5, 5.41) is 9.24. The maximum Gasteiger partial charge on any atom is 0.308 e. The summed E-state index contributed by atoms with van der Waals surface area (Å²) in [4.78, 5) is 11.5. The number of nitrogens with zero attached hydrogens (tertiary/aromatic N) is 1. The number of ether oxygens (including phenoxy) is 1. The molecule has 1 fully saturated rings. The van der Waals surface area contributed by atoms with Crippen molar-refractivity contribution >= 4 is 16.0 Å². The lowest BCUT2D eigenvalue weighted by atomic mass is 9.99. The zero-order valence-corrected chi connectivity index (χ0v) is 13.5. The minimum absolute atomic E-state index is 0.187. The van der Waals surface area contributed by atoms with Crippen molar-refractivity contribution in [1.82, 2.24) is 4.31 Å². The van der Waals surface area contributed by atoms with E-state index in [0.717, 1.165) is 5.56 Å². The molecule has 2 rings (SSSR count). The number of methoxy groups -OCH3 is 1. The predicted molar refractivity (Wildman–Crippen MR) is 80.9 cm³/mol. The molecule has 2 atom stereocenters. The Hall–Kier alpha value is -1.44. The lowest BCUT2D eigenvalue weighted by Crippen LogP contribution is -2.39. The van der Waals surface area contributed by atoms with Gasteiger partial charge in [0.05, 0.1) is 17.4 Å². The molecule has 22 heavy (non-hydrogen) atoms. The first-order valence-electron chi connectivity index (χ1n) is 7.24. The molecule has 122 valence electrons. The van der Waals surface area contributed by atoms with E-state index in [-0.39, 0.29) is 11.4 Å². The van der Waals surface area contributed by atoms with E-state index in [1.165, 1.54) is 10.4 Å². The summed E-state index contributed by atoms with van der Waals surface area (Å²) < 4.78 is 32.0. The van der Waals surface area contributed by atoms with Crippen LogP contribution in [0.3, 0.4) is 0 Å². The van der Waals surface area contributed by atoms with Crippen LogP contribution >= 0.6 is 0 Å². The van der Waals surface area contributed by atoms with E-state index in [0.29, 0.717) is 19.4 Å². The number of carbonyl (C=O) groups is 1. The quantitative estimate of drug-likeness (QED) is 0.860. The smallest absolute Gasteiger partial charge is 0.308 e. The van der Waals surface area contributed by atoms with Crippen LogP contribution in [0, 0.1) is 5.92 Å². The number of rotatable bonds is 6. The second-order valence-electron chi connectivity index (χ2n) is 5.41. The summed E-state index contributed by atoms with van der Waals surface area (Å²) in [6.45, 7) is 2.39. The van der Waals surface area contributed by atoms with Gasteiger partial charge in [-0.25, -0.2) is 8.42 Å². The number of aliphatic carboxylic acids is 1. The third kappa shape index (κ3) is 3.16. The van der Waals surface area contributed by atoms with E-state index in [1.54, 1.807) is 25.3 Å². The summed E-state index contributed by atoms with van der Waals surface area (Å²) in [5.41, 5.74) is 0.769. The Balaban J connectivity index is 2.34. The fourth-order valence-corrected chi connectivity index (χ4v) is 4.82. The summed E-state index contributed by atoms with van der Waals surface area (Å²) in [7, 11) is -2.14. The number of benzene rings is 1. The molecule has 0 saturated carbocycles. The summed E-state index contributed by atoms with van der Waals surface area (Å²) in [6.07, 6.45) is 0.832. The predicted octanol–water partition coefficient (Wildman–Crippen LogP) is 1.71. The van der Waals surface area contributed by atoms with Crippen molar-refractivity contribution in [3.05, 3.63) is 29.8 Å². The van der Waals surface area contributed by atoms with E-state index in [1.807, 2.05) is 6.92 Å². The maximum absolute atomic E-state index is 12.8. The Kier molecular flexibility index (Phi) is 5.20. The first kappa shape index (κ1) is 16.9.